The van der Waals surface area contributed by atoms with Crippen molar-refractivity contribution in [3.05, 3.63) is 10.4 Å². The molecule has 0 aromatic carbocycles. The number of likely N-dealkylation sites (N-methyl/N-ethyl adjacent to an activating group) is 1. The fraction of sp³-hybridized carbons (Fsp3) is 1.00. The molecule has 0 aromatic rings. The summed E-state index contributed by atoms with van der Waals surface area (Å²) in [4.78, 5) is 7.65. The van der Waals surface area contributed by atoms with Gasteiger partial charge in [0.1, 0.15) is 0 Å². The van der Waals surface area contributed by atoms with Crippen LogP contribution in [0.15, 0.2) is 5.11 Å². The molecule has 0 spiro atoms. The van der Waals surface area contributed by atoms with Crippen molar-refractivity contribution < 1.29 is 0 Å². The van der Waals surface area contributed by atoms with Crippen molar-refractivity contribution in [1.29, 1.82) is 0 Å². The minimum Gasteiger partial charge on any atom is -0.301 e. The minimum atomic E-state index is 0.629. The fourth-order valence-corrected chi connectivity index (χ4v) is 1.74. The van der Waals surface area contributed by atoms with Crippen LogP contribution in [0.5, 0.6) is 0 Å². The van der Waals surface area contributed by atoms with Gasteiger partial charge in [0.25, 0.3) is 0 Å². The first kappa shape index (κ1) is 11.3. The molecule has 0 unspecified atom stereocenters. The molecule has 5 heteroatoms. The second-order valence-electron chi connectivity index (χ2n) is 3.58. The summed E-state index contributed by atoms with van der Waals surface area (Å²) in [6.07, 6.45) is 0.982. The highest BCUT2D eigenvalue weighted by atomic mass is 15.3. The predicted molar refractivity (Wildman–Crippen MR) is 57.2 cm³/mol. The van der Waals surface area contributed by atoms with Gasteiger partial charge < -0.3 is 9.80 Å². The van der Waals surface area contributed by atoms with Crippen molar-refractivity contribution in [2.75, 3.05) is 45.8 Å². The van der Waals surface area contributed by atoms with Gasteiger partial charge in [-0.05, 0) is 25.0 Å². The third-order valence-electron chi connectivity index (χ3n) is 2.71. The highest BCUT2D eigenvalue weighted by Gasteiger charge is 2.14. The lowest BCUT2D eigenvalue weighted by Crippen LogP contribution is -2.46. The molecule has 5 nitrogen and oxygen atoms in total. The van der Waals surface area contributed by atoms with Crippen molar-refractivity contribution in [2.45, 2.75) is 13.3 Å². The molecule has 1 aliphatic heterocycles. The molecule has 1 heterocycles. The molecule has 0 N–H and O–H groups in total. The van der Waals surface area contributed by atoms with Crippen molar-refractivity contribution >= 4 is 0 Å². The average molecular weight is 197 g/mol. The highest BCUT2D eigenvalue weighted by molar-refractivity contribution is 4.70. The zero-order valence-electron chi connectivity index (χ0n) is 8.89. The van der Waals surface area contributed by atoms with Crippen molar-refractivity contribution in [3.63, 3.8) is 0 Å². The molecule has 14 heavy (non-hydrogen) atoms. The maximum atomic E-state index is 8.11. The topological polar surface area (TPSA) is 55.2 Å². The second kappa shape index (κ2) is 6.65. The summed E-state index contributed by atoms with van der Waals surface area (Å²) < 4.78 is 0. The summed E-state index contributed by atoms with van der Waals surface area (Å²) in [5, 5.41) is 3.53. The van der Waals surface area contributed by atoms with Gasteiger partial charge >= 0.3 is 0 Å². The van der Waals surface area contributed by atoms with Crippen molar-refractivity contribution in [1.82, 2.24) is 9.80 Å². The first-order chi connectivity index (χ1) is 6.86. The van der Waals surface area contributed by atoms with E-state index in [2.05, 4.69) is 26.7 Å². The normalized spacial score (nSPS) is 19.2. The summed E-state index contributed by atoms with van der Waals surface area (Å²) in [6, 6.07) is 0. The Morgan fingerprint density at radius 2 is 1.86 bits per heavy atom. The summed E-state index contributed by atoms with van der Waals surface area (Å²) in [6.45, 7) is 9.73. The van der Waals surface area contributed by atoms with Gasteiger partial charge in [-0.3, -0.25) is 0 Å². The van der Waals surface area contributed by atoms with Crippen LogP contribution in [-0.2, 0) is 0 Å². The second-order valence-corrected chi connectivity index (χ2v) is 3.58. The Morgan fingerprint density at radius 3 is 2.43 bits per heavy atom. The van der Waals surface area contributed by atoms with Crippen LogP contribution >= 0.6 is 0 Å². The van der Waals surface area contributed by atoms with E-state index in [4.69, 9.17) is 5.53 Å². The molecule has 0 bridgehead atoms. The average Bonchev–Trinajstić information content (AvgIpc) is 2.25. The van der Waals surface area contributed by atoms with Gasteiger partial charge in [-0.25, -0.2) is 0 Å². The van der Waals surface area contributed by atoms with E-state index in [1.165, 1.54) is 13.1 Å². The van der Waals surface area contributed by atoms with Gasteiger partial charge in [0, 0.05) is 37.6 Å². The largest absolute Gasteiger partial charge is 0.301 e. The Kier molecular flexibility index (Phi) is 5.37. The molecular formula is C9H19N5. The first-order valence-corrected chi connectivity index (χ1v) is 5.32. The first-order valence-electron chi connectivity index (χ1n) is 5.32. The number of hydrogen-bond donors (Lipinski definition) is 0. The maximum absolute atomic E-state index is 8.11. The van der Waals surface area contributed by atoms with E-state index >= 15 is 0 Å². The summed E-state index contributed by atoms with van der Waals surface area (Å²) in [5.74, 6) is 0. The molecule has 0 atom stereocenters. The number of hydrogen-bond acceptors (Lipinski definition) is 3. The zero-order valence-corrected chi connectivity index (χ0v) is 8.89. The Labute approximate surface area is 85.3 Å². The fourth-order valence-electron chi connectivity index (χ4n) is 1.74. The summed E-state index contributed by atoms with van der Waals surface area (Å²) >= 11 is 0. The van der Waals surface area contributed by atoms with Gasteiger partial charge in [0.05, 0.1) is 0 Å². The quantitative estimate of drug-likeness (QED) is 0.289. The Bertz CT molecular complexity index is 191. The van der Waals surface area contributed by atoms with Gasteiger partial charge in [-0.2, -0.15) is 0 Å². The van der Waals surface area contributed by atoms with E-state index in [9.17, 15) is 0 Å². The zero-order chi connectivity index (χ0) is 10.2. The van der Waals surface area contributed by atoms with E-state index in [-0.39, 0.29) is 0 Å². The molecule has 1 saturated heterocycles. The third kappa shape index (κ3) is 3.96. The van der Waals surface area contributed by atoms with E-state index in [1.807, 2.05) is 0 Å². The Morgan fingerprint density at radius 1 is 1.21 bits per heavy atom. The van der Waals surface area contributed by atoms with Crippen LogP contribution in [0.25, 0.3) is 10.4 Å². The Hall–Kier alpha value is -0.770. The molecule has 1 rings (SSSR count). The number of azide groups is 1. The van der Waals surface area contributed by atoms with E-state index < -0.39 is 0 Å². The van der Waals surface area contributed by atoms with Crippen LogP contribution in [0.3, 0.4) is 0 Å². The molecule has 0 amide bonds. The maximum Gasteiger partial charge on any atom is 0.0270 e. The molecule has 0 saturated carbocycles. The standard InChI is InChI=1S/C9H19N5/c1-2-13-6-8-14(9-7-13)5-3-4-11-12-10/h2-9H2,1H3. The molecule has 80 valence electrons. The van der Waals surface area contributed by atoms with Crippen LogP contribution in [0.2, 0.25) is 0 Å². The lowest BCUT2D eigenvalue weighted by atomic mass is 10.3. The van der Waals surface area contributed by atoms with Gasteiger partial charge in [0.15, 0.2) is 0 Å². The molecule has 1 aliphatic rings. The van der Waals surface area contributed by atoms with Crippen LogP contribution in [0.4, 0.5) is 0 Å². The number of piperazine rings is 1. The van der Waals surface area contributed by atoms with Gasteiger partial charge in [-0.15, -0.1) is 0 Å². The van der Waals surface area contributed by atoms with Crippen LogP contribution in [0.1, 0.15) is 13.3 Å². The van der Waals surface area contributed by atoms with Crippen LogP contribution in [0, 0.1) is 0 Å². The molecule has 0 aromatic heterocycles. The Balaban J connectivity index is 2.06. The van der Waals surface area contributed by atoms with E-state index in [1.54, 1.807) is 0 Å². The minimum absolute atomic E-state index is 0.629. The van der Waals surface area contributed by atoms with Gasteiger partial charge in [0.2, 0.25) is 0 Å². The smallest absolute Gasteiger partial charge is 0.0270 e. The lowest BCUT2D eigenvalue weighted by molar-refractivity contribution is 0.137. The van der Waals surface area contributed by atoms with E-state index in [0.717, 1.165) is 32.6 Å². The molecular weight excluding hydrogens is 178 g/mol. The molecule has 0 radical (unpaired) electrons. The number of nitrogens with zero attached hydrogens (tertiary/aromatic N) is 5. The lowest BCUT2D eigenvalue weighted by Gasteiger charge is -2.33. The van der Waals surface area contributed by atoms with Crippen molar-refractivity contribution in [3.8, 4) is 0 Å². The summed E-state index contributed by atoms with van der Waals surface area (Å²) in [7, 11) is 0. The van der Waals surface area contributed by atoms with E-state index in [0.29, 0.717) is 6.54 Å². The van der Waals surface area contributed by atoms with Crippen molar-refractivity contribution in [2.24, 2.45) is 5.11 Å². The number of rotatable bonds is 5. The van der Waals surface area contributed by atoms with Crippen LogP contribution < -0.4 is 0 Å². The van der Waals surface area contributed by atoms with Crippen LogP contribution in [-0.4, -0.2) is 55.6 Å². The highest BCUT2D eigenvalue weighted by Crippen LogP contribution is 2.01. The summed E-state index contributed by atoms with van der Waals surface area (Å²) in [5.41, 5.74) is 8.11. The third-order valence-corrected chi connectivity index (χ3v) is 2.71. The SMILES string of the molecule is CCN1CCN(CCCN=[N+]=[N-])CC1. The predicted octanol–water partition coefficient (Wildman–Crippen LogP) is 1.32. The molecule has 1 fully saturated rings. The molecule has 0 aliphatic carbocycles. The van der Waals surface area contributed by atoms with Gasteiger partial charge in [-0.1, -0.05) is 12.0 Å². The monoisotopic (exact) mass is 197 g/mol.